The molecule has 1 nitrogen and oxygen atoms in total. The first-order chi connectivity index (χ1) is 11.4. The Bertz CT molecular complexity index is 624. The first kappa shape index (κ1) is 14.7. The molecule has 1 atom stereocenters. The predicted molar refractivity (Wildman–Crippen MR) is 94.6 cm³/mol. The molecule has 1 heteroatoms. The van der Waals surface area contributed by atoms with Crippen LogP contribution in [-0.2, 0) is 10.2 Å². The summed E-state index contributed by atoms with van der Waals surface area (Å²) in [5, 5.41) is 0. The highest BCUT2D eigenvalue weighted by Crippen LogP contribution is 2.43. The molecular formula is C22H24O. The van der Waals surface area contributed by atoms with Crippen LogP contribution in [0, 0.1) is 0 Å². The Hall–Kier alpha value is -1.86. The Morgan fingerprint density at radius 1 is 0.826 bits per heavy atom. The van der Waals surface area contributed by atoms with Crippen LogP contribution in [0.3, 0.4) is 0 Å². The summed E-state index contributed by atoms with van der Waals surface area (Å²) in [6.07, 6.45) is 8.95. The summed E-state index contributed by atoms with van der Waals surface area (Å²) < 4.78 is 6.26. The summed E-state index contributed by atoms with van der Waals surface area (Å²) >= 11 is 0. The molecule has 4 rings (SSSR count). The van der Waals surface area contributed by atoms with Gasteiger partial charge in [0, 0.05) is 5.41 Å². The molecule has 2 aromatic rings. The second kappa shape index (κ2) is 6.33. The molecule has 0 aromatic heterocycles. The average molecular weight is 304 g/mol. The van der Waals surface area contributed by atoms with Gasteiger partial charge in [0.15, 0.2) is 0 Å². The minimum atomic E-state index is -0.0111. The van der Waals surface area contributed by atoms with E-state index in [-0.39, 0.29) is 11.5 Å². The molecule has 1 aliphatic heterocycles. The van der Waals surface area contributed by atoms with E-state index in [1.165, 1.54) is 36.8 Å². The van der Waals surface area contributed by atoms with E-state index in [9.17, 15) is 0 Å². The molecule has 0 N–H and O–H groups in total. The highest BCUT2D eigenvalue weighted by molar-refractivity contribution is 5.41. The minimum Gasteiger partial charge on any atom is -0.373 e. The van der Waals surface area contributed by atoms with Gasteiger partial charge in [-0.3, -0.25) is 0 Å². The van der Waals surface area contributed by atoms with Crippen LogP contribution in [0.25, 0.3) is 0 Å². The molecule has 0 amide bonds. The molecule has 118 valence electrons. The van der Waals surface area contributed by atoms with Crippen molar-refractivity contribution >= 4 is 0 Å². The van der Waals surface area contributed by atoms with Crippen LogP contribution >= 0.6 is 0 Å². The van der Waals surface area contributed by atoms with Crippen molar-refractivity contribution in [2.24, 2.45) is 0 Å². The molecule has 1 unspecified atom stereocenters. The number of benzene rings is 2. The van der Waals surface area contributed by atoms with Gasteiger partial charge in [0.1, 0.15) is 0 Å². The van der Waals surface area contributed by atoms with Gasteiger partial charge >= 0.3 is 0 Å². The lowest BCUT2D eigenvalue weighted by Crippen LogP contribution is -2.28. The summed E-state index contributed by atoms with van der Waals surface area (Å²) in [4.78, 5) is 0. The number of hydrogen-bond donors (Lipinski definition) is 0. The summed E-state index contributed by atoms with van der Waals surface area (Å²) in [5.41, 5.74) is 4.34. The third-order valence-corrected chi connectivity index (χ3v) is 5.41. The zero-order chi connectivity index (χ0) is 15.5. The Morgan fingerprint density at radius 3 is 1.96 bits per heavy atom. The van der Waals surface area contributed by atoms with Gasteiger partial charge in [-0.05, 0) is 43.2 Å². The Balaban J connectivity index is 1.69. The highest BCUT2D eigenvalue weighted by Gasteiger charge is 2.42. The van der Waals surface area contributed by atoms with Gasteiger partial charge in [-0.2, -0.15) is 0 Å². The predicted octanol–water partition coefficient (Wildman–Crippen LogP) is 5.26. The van der Waals surface area contributed by atoms with Crippen LogP contribution < -0.4 is 0 Å². The lowest BCUT2D eigenvalue weighted by molar-refractivity contribution is 0.137. The Kier molecular flexibility index (Phi) is 4.05. The molecule has 1 saturated heterocycles. The van der Waals surface area contributed by atoms with Crippen molar-refractivity contribution in [3.8, 4) is 0 Å². The van der Waals surface area contributed by atoms with E-state index in [0.717, 1.165) is 13.0 Å². The standard InChI is InChI=1S/C22H24O/c1-3-11-19(12-4-1)22(20-13-5-2-6-14-20)16-21(23-17-22)15-18-9-7-8-10-18/h1-6,11-15,21H,7-10,16-17H2. The number of ether oxygens (including phenoxy) is 1. The van der Waals surface area contributed by atoms with Gasteiger partial charge < -0.3 is 4.74 Å². The maximum absolute atomic E-state index is 6.26. The molecule has 1 saturated carbocycles. The fraction of sp³-hybridized carbons (Fsp3) is 0.364. The van der Waals surface area contributed by atoms with E-state index in [1.807, 2.05) is 0 Å². The molecule has 1 aliphatic carbocycles. The van der Waals surface area contributed by atoms with Gasteiger partial charge in [0.05, 0.1) is 12.7 Å². The van der Waals surface area contributed by atoms with Crippen LogP contribution in [0.4, 0.5) is 0 Å². The van der Waals surface area contributed by atoms with Gasteiger partial charge in [-0.15, -0.1) is 0 Å². The van der Waals surface area contributed by atoms with E-state index in [2.05, 4.69) is 66.7 Å². The van der Waals surface area contributed by atoms with Crippen LogP contribution in [0.2, 0.25) is 0 Å². The zero-order valence-electron chi connectivity index (χ0n) is 13.6. The largest absolute Gasteiger partial charge is 0.373 e. The molecule has 1 heterocycles. The fourth-order valence-electron chi connectivity index (χ4n) is 4.16. The third kappa shape index (κ3) is 2.86. The van der Waals surface area contributed by atoms with Gasteiger partial charge in [-0.25, -0.2) is 0 Å². The van der Waals surface area contributed by atoms with Gasteiger partial charge in [0.25, 0.3) is 0 Å². The minimum absolute atomic E-state index is 0.0111. The van der Waals surface area contributed by atoms with E-state index in [1.54, 1.807) is 5.57 Å². The molecule has 2 fully saturated rings. The first-order valence-corrected chi connectivity index (χ1v) is 8.79. The number of rotatable bonds is 3. The second-order valence-corrected chi connectivity index (χ2v) is 6.90. The lowest BCUT2D eigenvalue weighted by atomic mass is 9.73. The molecule has 0 bridgehead atoms. The van der Waals surface area contributed by atoms with E-state index < -0.39 is 0 Å². The summed E-state index contributed by atoms with van der Waals surface area (Å²) in [7, 11) is 0. The normalized spacial score (nSPS) is 23.1. The summed E-state index contributed by atoms with van der Waals surface area (Å²) in [5.74, 6) is 0. The topological polar surface area (TPSA) is 9.23 Å². The Morgan fingerprint density at radius 2 is 1.39 bits per heavy atom. The van der Waals surface area contributed by atoms with Gasteiger partial charge in [0.2, 0.25) is 0 Å². The van der Waals surface area contributed by atoms with Crippen LogP contribution in [0.15, 0.2) is 72.3 Å². The van der Waals surface area contributed by atoms with E-state index >= 15 is 0 Å². The average Bonchev–Trinajstić information content (AvgIpc) is 3.28. The van der Waals surface area contributed by atoms with Crippen molar-refractivity contribution in [1.82, 2.24) is 0 Å². The quantitative estimate of drug-likeness (QED) is 0.703. The van der Waals surface area contributed by atoms with Crippen LogP contribution in [0.1, 0.15) is 43.2 Å². The van der Waals surface area contributed by atoms with Crippen molar-refractivity contribution in [2.45, 2.75) is 43.6 Å². The molecule has 0 radical (unpaired) electrons. The van der Waals surface area contributed by atoms with E-state index in [0.29, 0.717) is 0 Å². The fourth-order valence-corrected chi connectivity index (χ4v) is 4.16. The number of allylic oxidation sites excluding steroid dienone is 1. The molecule has 23 heavy (non-hydrogen) atoms. The van der Waals surface area contributed by atoms with Crippen LogP contribution in [0.5, 0.6) is 0 Å². The molecule has 0 spiro atoms. The third-order valence-electron chi connectivity index (χ3n) is 5.41. The molecule has 2 aromatic carbocycles. The van der Waals surface area contributed by atoms with Crippen molar-refractivity contribution in [3.05, 3.63) is 83.4 Å². The summed E-state index contributed by atoms with van der Waals surface area (Å²) in [6, 6.07) is 21.8. The van der Waals surface area contributed by atoms with Crippen molar-refractivity contribution in [1.29, 1.82) is 0 Å². The monoisotopic (exact) mass is 304 g/mol. The molecule has 2 aliphatic rings. The molecular weight excluding hydrogens is 280 g/mol. The van der Waals surface area contributed by atoms with Crippen LogP contribution in [-0.4, -0.2) is 12.7 Å². The number of hydrogen-bond acceptors (Lipinski definition) is 1. The van der Waals surface area contributed by atoms with Gasteiger partial charge in [-0.1, -0.05) is 72.3 Å². The van der Waals surface area contributed by atoms with Crippen molar-refractivity contribution in [2.75, 3.05) is 6.61 Å². The highest BCUT2D eigenvalue weighted by atomic mass is 16.5. The van der Waals surface area contributed by atoms with Crippen molar-refractivity contribution < 1.29 is 4.74 Å². The zero-order valence-corrected chi connectivity index (χ0v) is 13.6. The smallest absolute Gasteiger partial charge is 0.0771 e. The summed E-state index contributed by atoms with van der Waals surface area (Å²) in [6.45, 7) is 0.773. The second-order valence-electron chi connectivity index (χ2n) is 6.90. The maximum Gasteiger partial charge on any atom is 0.0771 e. The SMILES string of the molecule is C(=C1CCCC1)C1CC(c2ccccc2)(c2ccccc2)CO1. The first-order valence-electron chi connectivity index (χ1n) is 8.79. The van der Waals surface area contributed by atoms with E-state index in [4.69, 9.17) is 4.74 Å². The van der Waals surface area contributed by atoms with Crippen molar-refractivity contribution in [3.63, 3.8) is 0 Å². The lowest BCUT2D eigenvalue weighted by Gasteiger charge is -2.29. The Labute approximate surface area is 139 Å². The maximum atomic E-state index is 6.26.